The smallest absolute Gasteiger partial charge is 0.422 e. The zero-order valence-corrected chi connectivity index (χ0v) is 11.8. The van der Waals surface area contributed by atoms with Crippen LogP contribution in [0.3, 0.4) is 0 Å². The second-order valence-corrected chi connectivity index (χ2v) is 5.28. The summed E-state index contributed by atoms with van der Waals surface area (Å²) < 4.78 is 40.2. The van der Waals surface area contributed by atoms with Crippen LogP contribution in [-0.2, 0) is 16.0 Å². The summed E-state index contributed by atoms with van der Waals surface area (Å²) in [5, 5.41) is 0. The molecule has 2 nitrogen and oxygen atoms in total. The van der Waals surface area contributed by atoms with E-state index in [4.69, 9.17) is 0 Å². The fraction of sp³-hybridized carbons (Fsp3) is 0.533. The first-order valence-corrected chi connectivity index (χ1v) is 6.51. The monoisotopic (exact) mass is 288 g/mol. The van der Waals surface area contributed by atoms with E-state index in [-0.39, 0.29) is 0 Å². The van der Waals surface area contributed by atoms with Crippen LogP contribution in [0.4, 0.5) is 13.2 Å². The van der Waals surface area contributed by atoms with Crippen molar-refractivity contribution in [2.75, 3.05) is 6.61 Å². The summed E-state index contributed by atoms with van der Waals surface area (Å²) >= 11 is 0. The third kappa shape index (κ3) is 5.63. The van der Waals surface area contributed by atoms with Crippen LogP contribution in [-0.4, -0.2) is 18.8 Å². The molecule has 0 bridgehead atoms. The van der Waals surface area contributed by atoms with Gasteiger partial charge in [0.25, 0.3) is 0 Å². The summed E-state index contributed by atoms with van der Waals surface area (Å²) in [5.74, 6) is -1.04. The van der Waals surface area contributed by atoms with E-state index >= 15 is 0 Å². The van der Waals surface area contributed by atoms with E-state index in [0.717, 1.165) is 12.0 Å². The highest BCUT2D eigenvalue weighted by Gasteiger charge is 2.30. The second kappa shape index (κ2) is 6.77. The summed E-state index contributed by atoms with van der Waals surface area (Å²) in [6.07, 6.45) is -3.57. The van der Waals surface area contributed by atoms with Crippen LogP contribution < -0.4 is 0 Å². The molecule has 1 unspecified atom stereocenters. The Hall–Kier alpha value is -1.52. The zero-order chi connectivity index (χ0) is 15.3. The lowest BCUT2D eigenvalue weighted by molar-refractivity contribution is -0.187. The number of benzene rings is 1. The third-order valence-corrected chi connectivity index (χ3v) is 2.86. The molecule has 0 spiro atoms. The normalized spacial score (nSPS) is 13.3. The van der Waals surface area contributed by atoms with Gasteiger partial charge in [-0.3, -0.25) is 4.79 Å². The molecule has 1 aromatic carbocycles. The highest BCUT2D eigenvalue weighted by molar-refractivity contribution is 5.77. The van der Waals surface area contributed by atoms with Crippen molar-refractivity contribution in [3.8, 4) is 0 Å². The van der Waals surface area contributed by atoms with Crippen LogP contribution in [0.2, 0.25) is 0 Å². The number of ether oxygens (including phenoxy) is 1. The minimum Gasteiger partial charge on any atom is -0.456 e. The molecule has 0 heterocycles. The van der Waals surface area contributed by atoms with Gasteiger partial charge in [-0.25, -0.2) is 0 Å². The minimum atomic E-state index is -4.49. The van der Waals surface area contributed by atoms with Crippen LogP contribution in [0.15, 0.2) is 24.3 Å². The molecule has 0 saturated carbocycles. The molecule has 0 aliphatic carbocycles. The molecule has 0 fully saturated rings. The molecule has 1 atom stereocenters. The van der Waals surface area contributed by atoms with E-state index in [0.29, 0.717) is 11.5 Å². The van der Waals surface area contributed by atoms with E-state index in [9.17, 15) is 18.0 Å². The Bertz CT molecular complexity index is 435. The molecule has 0 N–H and O–H groups in total. The van der Waals surface area contributed by atoms with Gasteiger partial charge in [0.05, 0.1) is 5.92 Å². The predicted octanol–water partition coefficient (Wildman–Crippen LogP) is 4.09. The maximum Gasteiger partial charge on any atom is 0.422 e. The number of alkyl halides is 3. The Labute approximate surface area is 116 Å². The average Bonchev–Trinajstić information content (AvgIpc) is 2.34. The van der Waals surface area contributed by atoms with E-state index < -0.39 is 24.7 Å². The van der Waals surface area contributed by atoms with Gasteiger partial charge in [-0.2, -0.15) is 13.2 Å². The first-order chi connectivity index (χ1) is 9.19. The Balaban J connectivity index is 2.62. The van der Waals surface area contributed by atoms with E-state index in [2.05, 4.69) is 18.6 Å². The number of hydrogen-bond acceptors (Lipinski definition) is 2. The lowest BCUT2D eigenvalue weighted by atomic mass is 9.97. The van der Waals surface area contributed by atoms with Gasteiger partial charge in [-0.05, 0) is 30.4 Å². The van der Waals surface area contributed by atoms with Gasteiger partial charge in [0.2, 0.25) is 0 Å². The molecule has 0 amide bonds. The molecule has 1 rings (SSSR count). The topological polar surface area (TPSA) is 26.3 Å². The lowest BCUT2D eigenvalue weighted by Crippen LogP contribution is -2.23. The average molecular weight is 288 g/mol. The summed E-state index contributed by atoms with van der Waals surface area (Å²) in [6.45, 7) is 4.20. The molecular formula is C15H19F3O2. The van der Waals surface area contributed by atoms with Gasteiger partial charge >= 0.3 is 12.1 Å². The van der Waals surface area contributed by atoms with Crippen LogP contribution in [0.25, 0.3) is 0 Å². The number of carbonyl (C=O) groups is 1. The van der Waals surface area contributed by atoms with Crippen molar-refractivity contribution in [3.63, 3.8) is 0 Å². The molecule has 112 valence electrons. The molecule has 0 aromatic heterocycles. The Morgan fingerprint density at radius 3 is 2.15 bits per heavy atom. The number of rotatable bonds is 5. The second-order valence-electron chi connectivity index (χ2n) is 5.28. The number of hydrogen-bond donors (Lipinski definition) is 0. The molecule has 0 aliphatic rings. The van der Waals surface area contributed by atoms with Gasteiger partial charge in [0.15, 0.2) is 6.61 Å². The molecule has 0 aliphatic heterocycles. The first kappa shape index (κ1) is 16.5. The van der Waals surface area contributed by atoms with E-state index in [1.54, 1.807) is 12.1 Å². The highest BCUT2D eigenvalue weighted by atomic mass is 19.4. The van der Waals surface area contributed by atoms with Crippen LogP contribution in [0.1, 0.15) is 37.8 Å². The first-order valence-electron chi connectivity index (χ1n) is 6.51. The summed E-state index contributed by atoms with van der Waals surface area (Å²) in [5.41, 5.74) is 1.80. The summed E-state index contributed by atoms with van der Waals surface area (Å²) in [4.78, 5) is 11.5. The van der Waals surface area contributed by atoms with E-state index in [1.807, 2.05) is 12.1 Å². The Morgan fingerprint density at radius 1 is 1.15 bits per heavy atom. The van der Waals surface area contributed by atoms with Crippen molar-refractivity contribution in [1.82, 2.24) is 0 Å². The van der Waals surface area contributed by atoms with Crippen LogP contribution >= 0.6 is 0 Å². The number of halogens is 3. The van der Waals surface area contributed by atoms with E-state index in [1.165, 1.54) is 6.92 Å². The molecule has 5 heteroatoms. The maximum absolute atomic E-state index is 12.0. The molecule has 0 radical (unpaired) electrons. The lowest BCUT2D eigenvalue weighted by Gasteiger charge is -2.14. The van der Waals surface area contributed by atoms with Gasteiger partial charge in [-0.15, -0.1) is 0 Å². The third-order valence-electron chi connectivity index (χ3n) is 2.86. The van der Waals surface area contributed by atoms with Crippen LogP contribution in [0, 0.1) is 5.92 Å². The number of esters is 1. The predicted molar refractivity (Wildman–Crippen MR) is 70.4 cm³/mol. The molecule has 0 saturated heterocycles. The highest BCUT2D eigenvalue weighted by Crippen LogP contribution is 2.21. The quantitative estimate of drug-likeness (QED) is 0.763. The van der Waals surface area contributed by atoms with Crippen molar-refractivity contribution in [3.05, 3.63) is 35.4 Å². The van der Waals surface area contributed by atoms with Crippen molar-refractivity contribution < 1.29 is 22.7 Å². The molecule has 1 aromatic rings. The minimum absolute atomic E-state index is 0.523. The standard InChI is InChI=1S/C15H19F3O2/c1-10(2)8-12-4-6-13(7-5-12)11(3)14(19)20-9-15(16,17)18/h4-7,10-11H,8-9H2,1-3H3. The van der Waals surface area contributed by atoms with Gasteiger partial charge in [0, 0.05) is 0 Å². The fourth-order valence-electron chi connectivity index (χ4n) is 1.83. The maximum atomic E-state index is 12.0. The van der Waals surface area contributed by atoms with Gasteiger partial charge in [-0.1, -0.05) is 38.1 Å². The van der Waals surface area contributed by atoms with Gasteiger partial charge < -0.3 is 4.74 Å². The molecule has 20 heavy (non-hydrogen) atoms. The van der Waals surface area contributed by atoms with Crippen molar-refractivity contribution in [2.24, 2.45) is 5.92 Å². The van der Waals surface area contributed by atoms with Gasteiger partial charge in [0.1, 0.15) is 0 Å². The summed E-state index contributed by atoms with van der Waals surface area (Å²) in [6, 6.07) is 7.31. The number of carbonyl (C=O) groups excluding carboxylic acids is 1. The van der Waals surface area contributed by atoms with Crippen molar-refractivity contribution in [1.29, 1.82) is 0 Å². The Morgan fingerprint density at radius 2 is 1.70 bits per heavy atom. The largest absolute Gasteiger partial charge is 0.456 e. The summed E-state index contributed by atoms with van der Waals surface area (Å²) in [7, 11) is 0. The van der Waals surface area contributed by atoms with Crippen molar-refractivity contribution >= 4 is 5.97 Å². The Kier molecular flexibility index (Phi) is 5.60. The SMILES string of the molecule is CC(C)Cc1ccc(C(C)C(=O)OCC(F)(F)F)cc1. The fourth-order valence-corrected chi connectivity index (χ4v) is 1.83. The van der Waals surface area contributed by atoms with Crippen molar-refractivity contribution in [2.45, 2.75) is 39.3 Å². The zero-order valence-electron chi connectivity index (χ0n) is 11.8. The van der Waals surface area contributed by atoms with Crippen LogP contribution in [0.5, 0.6) is 0 Å². The molecular weight excluding hydrogens is 269 g/mol.